The summed E-state index contributed by atoms with van der Waals surface area (Å²) in [7, 11) is 0. The van der Waals surface area contributed by atoms with Crippen LogP contribution in [0.2, 0.25) is 0 Å². The first-order valence-electron chi connectivity index (χ1n) is 10.6. The number of benzene rings is 1. The van der Waals surface area contributed by atoms with Crippen molar-refractivity contribution in [3.63, 3.8) is 0 Å². The fourth-order valence-corrected chi connectivity index (χ4v) is 4.10. The average Bonchev–Trinajstić information content (AvgIpc) is 3.28. The van der Waals surface area contributed by atoms with Crippen LogP contribution in [0.15, 0.2) is 42.7 Å². The molecular weight excluding hydrogens is 422 g/mol. The smallest absolute Gasteiger partial charge is 0.340 e. The van der Waals surface area contributed by atoms with Gasteiger partial charge in [0, 0.05) is 41.5 Å². The molecule has 3 N–H and O–H groups in total. The first kappa shape index (κ1) is 22.0. The van der Waals surface area contributed by atoms with E-state index in [2.05, 4.69) is 15.3 Å². The predicted molar refractivity (Wildman–Crippen MR) is 124 cm³/mol. The number of carbonyl (C=O) groups is 3. The molecule has 1 aromatic carbocycles. The van der Waals surface area contributed by atoms with Gasteiger partial charge in [-0.2, -0.15) is 0 Å². The van der Waals surface area contributed by atoms with Crippen LogP contribution in [0.1, 0.15) is 46.2 Å². The topological polar surface area (TPSA) is 121 Å². The number of amides is 1. The van der Waals surface area contributed by atoms with Gasteiger partial charge >= 0.3 is 11.9 Å². The van der Waals surface area contributed by atoms with Crippen LogP contribution in [0.4, 0.5) is 5.69 Å². The van der Waals surface area contributed by atoms with Crippen LogP contribution in [0.5, 0.6) is 0 Å². The van der Waals surface area contributed by atoms with Gasteiger partial charge in [0.05, 0.1) is 17.7 Å². The molecule has 0 radical (unpaired) electrons. The molecule has 0 fully saturated rings. The van der Waals surface area contributed by atoms with Crippen molar-refractivity contribution in [3.8, 4) is 11.1 Å². The van der Waals surface area contributed by atoms with Gasteiger partial charge in [-0.1, -0.05) is 12.1 Å². The summed E-state index contributed by atoms with van der Waals surface area (Å²) in [5, 5.41) is 12.1. The molecule has 8 nitrogen and oxygen atoms in total. The van der Waals surface area contributed by atoms with E-state index in [9.17, 15) is 19.5 Å². The number of pyridine rings is 1. The van der Waals surface area contributed by atoms with Crippen molar-refractivity contribution in [1.29, 1.82) is 0 Å². The highest BCUT2D eigenvalue weighted by molar-refractivity contribution is 6.36. The standard InChI is InChI=1S/C25H23N3O5/c1-3-33-25(32)22-14(2)27-20(17(22)7-8-21(29)30)13-18-23-16(15-9-11-26-12-10-15)5-4-6-19(23)28-24(18)31/h4-6,9-13,27H,3,7-8H2,1-2H3,(H,28,31)(H,29,30). The van der Waals surface area contributed by atoms with E-state index < -0.39 is 11.9 Å². The number of aromatic nitrogens is 2. The van der Waals surface area contributed by atoms with Gasteiger partial charge < -0.3 is 20.1 Å². The minimum absolute atomic E-state index is 0.118. The van der Waals surface area contributed by atoms with Crippen LogP contribution in [-0.4, -0.2) is 39.5 Å². The fourth-order valence-electron chi connectivity index (χ4n) is 4.10. The molecule has 1 aliphatic heterocycles. The Kier molecular flexibility index (Phi) is 6.08. The number of aliphatic carboxylic acids is 1. The summed E-state index contributed by atoms with van der Waals surface area (Å²) >= 11 is 0. The van der Waals surface area contributed by atoms with E-state index in [1.54, 1.807) is 32.3 Å². The molecule has 4 rings (SSSR count). The number of anilines is 1. The Balaban J connectivity index is 1.87. The van der Waals surface area contributed by atoms with E-state index in [0.29, 0.717) is 33.8 Å². The van der Waals surface area contributed by atoms with Crippen molar-refractivity contribution >= 4 is 35.2 Å². The number of nitrogens with zero attached hydrogens (tertiary/aromatic N) is 1. The molecule has 168 valence electrons. The average molecular weight is 445 g/mol. The maximum atomic E-state index is 12.9. The number of esters is 1. The maximum absolute atomic E-state index is 12.9. The molecule has 8 heteroatoms. The third-order valence-corrected chi connectivity index (χ3v) is 5.50. The van der Waals surface area contributed by atoms with Crippen LogP contribution in [-0.2, 0) is 20.7 Å². The second-order valence-corrected chi connectivity index (χ2v) is 7.61. The first-order chi connectivity index (χ1) is 15.9. The molecule has 0 aliphatic carbocycles. The number of aromatic amines is 1. The molecule has 33 heavy (non-hydrogen) atoms. The Morgan fingerprint density at radius 2 is 1.94 bits per heavy atom. The zero-order valence-electron chi connectivity index (χ0n) is 18.3. The summed E-state index contributed by atoms with van der Waals surface area (Å²) in [6, 6.07) is 9.36. The lowest BCUT2D eigenvalue weighted by Gasteiger charge is -2.09. The molecule has 0 unspecified atom stereocenters. The molecule has 0 saturated carbocycles. The van der Waals surface area contributed by atoms with Crippen molar-refractivity contribution in [1.82, 2.24) is 9.97 Å². The highest BCUT2D eigenvalue weighted by Gasteiger charge is 2.29. The van der Waals surface area contributed by atoms with Crippen molar-refractivity contribution in [2.75, 3.05) is 11.9 Å². The number of carboxylic acid groups (broad SMARTS) is 1. The van der Waals surface area contributed by atoms with Crippen molar-refractivity contribution < 1.29 is 24.2 Å². The van der Waals surface area contributed by atoms with E-state index in [0.717, 1.165) is 16.7 Å². The van der Waals surface area contributed by atoms with Gasteiger partial charge in [-0.15, -0.1) is 0 Å². The monoisotopic (exact) mass is 445 g/mol. The minimum atomic E-state index is -0.980. The third kappa shape index (κ3) is 4.27. The number of H-pyrrole nitrogens is 1. The van der Waals surface area contributed by atoms with Crippen LogP contribution < -0.4 is 5.32 Å². The molecule has 0 spiro atoms. The van der Waals surface area contributed by atoms with Crippen LogP contribution >= 0.6 is 0 Å². The molecule has 0 saturated heterocycles. The van der Waals surface area contributed by atoms with E-state index >= 15 is 0 Å². The number of hydrogen-bond donors (Lipinski definition) is 3. The lowest BCUT2D eigenvalue weighted by atomic mass is 9.94. The lowest BCUT2D eigenvalue weighted by Crippen LogP contribution is -2.09. The van der Waals surface area contributed by atoms with Gasteiger partial charge in [0.1, 0.15) is 0 Å². The van der Waals surface area contributed by atoms with Gasteiger partial charge in [-0.3, -0.25) is 14.6 Å². The molecule has 0 atom stereocenters. The summed E-state index contributed by atoms with van der Waals surface area (Å²) in [6.45, 7) is 3.63. The number of aryl methyl sites for hydroxylation is 1. The summed E-state index contributed by atoms with van der Waals surface area (Å²) < 4.78 is 5.18. The summed E-state index contributed by atoms with van der Waals surface area (Å²) in [4.78, 5) is 44.0. The summed E-state index contributed by atoms with van der Waals surface area (Å²) in [5.41, 5.74) is 5.51. The van der Waals surface area contributed by atoms with Crippen molar-refractivity contribution in [2.45, 2.75) is 26.7 Å². The third-order valence-electron chi connectivity index (χ3n) is 5.50. The maximum Gasteiger partial charge on any atom is 0.340 e. The largest absolute Gasteiger partial charge is 0.481 e. The number of nitrogens with one attached hydrogen (secondary N) is 2. The number of fused-ring (bicyclic) bond motifs is 1. The number of carboxylic acids is 1. The predicted octanol–water partition coefficient (Wildman–Crippen LogP) is 4.07. The van der Waals surface area contributed by atoms with Crippen molar-refractivity contribution in [3.05, 3.63) is 70.8 Å². The van der Waals surface area contributed by atoms with Crippen molar-refractivity contribution in [2.24, 2.45) is 0 Å². The second-order valence-electron chi connectivity index (χ2n) is 7.61. The van der Waals surface area contributed by atoms with Crippen LogP contribution in [0, 0.1) is 6.92 Å². The lowest BCUT2D eigenvalue weighted by molar-refractivity contribution is -0.137. The van der Waals surface area contributed by atoms with Gasteiger partial charge in [-0.05, 0) is 61.2 Å². The number of carbonyl (C=O) groups excluding carboxylic acids is 2. The van der Waals surface area contributed by atoms with Crippen LogP contribution in [0.3, 0.4) is 0 Å². The quantitative estimate of drug-likeness (QED) is 0.372. The fraction of sp³-hybridized carbons (Fsp3) is 0.200. The minimum Gasteiger partial charge on any atom is -0.481 e. The molecule has 3 heterocycles. The Hall–Kier alpha value is -4.20. The van der Waals surface area contributed by atoms with Gasteiger partial charge in [-0.25, -0.2) is 4.79 Å². The Bertz CT molecular complexity index is 1270. The van der Waals surface area contributed by atoms with E-state index in [-0.39, 0.29) is 25.4 Å². The highest BCUT2D eigenvalue weighted by atomic mass is 16.5. The van der Waals surface area contributed by atoms with Crippen LogP contribution in [0.25, 0.3) is 22.8 Å². The molecular formula is C25H23N3O5. The number of hydrogen-bond acceptors (Lipinski definition) is 5. The SMILES string of the molecule is CCOC(=O)c1c(C)[nH]c(C=C2C(=O)Nc3cccc(-c4ccncc4)c32)c1CCC(=O)O. The van der Waals surface area contributed by atoms with E-state index in [4.69, 9.17) is 4.74 Å². The molecule has 3 aromatic rings. The molecule has 0 bridgehead atoms. The highest BCUT2D eigenvalue weighted by Crippen LogP contribution is 2.40. The Labute approximate surface area is 190 Å². The molecule has 1 amide bonds. The number of ether oxygens (including phenoxy) is 1. The zero-order valence-corrected chi connectivity index (χ0v) is 18.3. The Morgan fingerprint density at radius 1 is 1.18 bits per heavy atom. The summed E-state index contributed by atoms with van der Waals surface area (Å²) in [6.07, 6.45) is 5.01. The Morgan fingerprint density at radius 3 is 2.64 bits per heavy atom. The van der Waals surface area contributed by atoms with E-state index in [1.807, 2.05) is 30.3 Å². The van der Waals surface area contributed by atoms with Gasteiger partial charge in [0.15, 0.2) is 0 Å². The second kappa shape index (κ2) is 9.12. The first-order valence-corrected chi connectivity index (χ1v) is 10.6. The summed E-state index contributed by atoms with van der Waals surface area (Å²) in [5.74, 6) is -1.78. The molecule has 1 aliphatic rings. The van der Waals surface area contributed by atoms with Gasteiger partial charge in [0.2, 0.25) is 0 Å². The molecule has 2 aromatic heterocycles. The zero-order chi connectivity index (χ0) is 23.5. The van der Waals surface area contributed by atoms with Gasteiger partial charge in [0.25, 0.3) is 5.91 Å². The van der Waals surface area contributed by atoms with E-state index in [1.165, 1.54) is 0 Å². The normalized spacial score (nSPS) is 13.6. The number of rotatable bonds is 7.